The first-order valence-electron chi connectivity index (χ1n) is 4.48. The summed E-state index contributed by atoms with van der Waals surface area (Å²) in [6.45, 7) is 3.94. The molecule has 1 aromatic rings. The van der Waals surface area contributed by atoms with E-state index >= 15 is 0 Å². The van der Waals surface area contributed by atoms with E-state index in [-0.39, 0.29) is 6.61 Å². The van der Waals surface area contributed by atoms with E-state index in [0.717, 1.165) is 22.6 Å². The Balaban J connectivity index is 3.14. The SMILES string of the molecule is COc1c(C)cnc(/C=C/CO)c1C. The molecule has 3 heteroatoms. The van der Waals surface area contributed by atoms with Crippen LogP contribution in [0.4, 0.5) is 0 Å². The van der Waals surface area contributed by atoms with Crippen LogP contribution in [0, 0.1) is 13.8 Å². The Hall–Kier alpha value is -1.35. The van der Waals surface area contributed by atoms with Crippen LogP contribution in [0.5, 0.6) is 5.75 Å². The maximum absolute atomic E-state index is 8.65. The molecule has 0 aliphatic carbocycles. The standard InChI is InChI=1S/C11H15NO2/c1-8-7-12-10(5-4-6-13)9(2)11(8)14-3/h4-5,7,13H,6H2,1-3H3/b5-4+. The highest BCUT2D eigenvalue weighted by Gasteiger charge is 2.06. The second kappa shape index (κ2) is 4.77. The van der Waals surface area contributed by atoms with E-state index in [9.17, 15) is 0 Å². The summed E-state index contributed by atoms with van der Waals surface area (Å²) < 4.78 is 5.26. The fourth-order valence-electron chi connectivity index (χ4n) is 1.38. The van der Waals surface area contributed by atoms with Gasteiger partial charge in [-0.25, -0.2) is 0 Å². The molecular formula is C11H15NO2. The molecule has 1 rings (SSSR count). The largest absolute Gasteiger partial charge is 0.496 e. The van der Waals surface area contributed by atoms with Crippen LogP contribution in [0.1, 0.15) is 16.8 Å². The van der Waals surface area contributed by atoms with Crippen molar-refractivity contribution in [2.75, 3.05) is 13.7 Å². The van der Waals surface area contributed by atoms with Crippen molar-refractivity contribution < 1.29 is 9.84 Å². The highest BCUT2D eigenvalue weighted by Crippen LogP contribution is 2.24. The number of hydrogen-bond donors (Lipinski definition) is 1. The fourth-order valence-corrected chi connectivity index (χ4v) is 1.38. The fraction of sp³-hybridized carbons (Fsp3) is 0.364. The van der Waals surface area contributed by atoms with Crippen LogP contribution in [0.3, 0.4) is 0 Å². The maximum Gasteiger partial charge on any atom is 0.128 e. The van der Waals surface area contributed by atoms with Gasteiger partial charge >= 0.3 is 0 Å². The van der Waals surface area contributed by atoms with Gasteiger partial charge in [-0.3, -0.25) is 4.98 Å². The van der Waals surface area contributed by atoms with E-state index in [1.807, 2.05) is 13.8 Å². The van der Waals surface area contributed by atoms with E-state index in [1.54, 1.807) is 25.5 Å². The molecule has 0 aromatic carbocycles. The number of pyridine rings is 1. The third kappa shape index (κ3) is 2.12. The van der Waals surface area contributed by atoms with Gasteiger partial charge in [0.05, 0.1) is 19.4 Å². The third-order valence-electron chi connectivity index (χ3n) is 2.07. The minimum absolute atomic E-state index is 0.0251. The first-order chi connectivity index (χ1) is 6.70. The van der Waals surface area contributed by atoms with E-state index in [2.05, 4.69) is 4.98 Å². The predicted octanol–water partition coefficient (Wildman–Crippen LogP) is 1.71. The second-order valence-corrected chi connectivity index (χ2v) is 3.07. The Kier molecular flexibility index (Phi) is 3.65. The summed E-state index contributed by atoms with van der Waals surface area (Å²) in [6, 6.07) is 0. The van der Waals surface area contributed by atoms with Gasteiger partial charge in [0.15, 0.2) is 0 Å². The third-order valence-corrected chi connectivity index (χ3v) is 2.07. The molecule has 0 amide bonds. The zero-order valence-corrected chi connectivity index (χ0v) is 8.74. The smallest absolute Gasteiger partial charge is 0.128 e. The van der Waals surface area contributed by atoms with Crippen LogP contribution in [0.15, 0.2) is 12.3 Å². The minimum atomic E-state index is 0.0251. The van der Waals surface area contributed by atoms with Crippen LogP contribution >= 0.6 is 0 Å². The minimum Gasteiger partial charge on any atom is -0.496 e. The predicted molar refractivity (Wildman–Crippen MR) is 56.4 cm³/mol. The van der Waals surface area contributed by atoms with Crippen LogP contribution in [0.2, 0.25) is 0 Å². The molecule has 0 saturated heterocycles. The number of aryl methyl sites for hydroxylation is 1. The molecule has 0 spiro atoms. The molecule has 0 bridgehead atoms. The molecule has 0 saturated carbocycles. The van der Waals surface area contributed by atoms with Crippen molar-refractivity contribution in [3.63, 3.8) is 0 Å². The van der Waals surface area contributed by atoms with Crippen molar-refractivity contribution in [1.29, 1.82) is 0 Å². The quantitative estimate of drug-likeness (QED) is 0.794. The monoisotopic (exact) mass is 193 g/mol. The Bertz CT molecular complexity index is 345. The summed E-state index contributed by atoms with van der Waals surface area (Å²) >= 11 is 0. The number of aliphatic hydroxyl groups is 1. The topological polar surface area (TPSA) is 42.4 Å². The highest BCUT2D eigenvalue weighted by molar-refractivity contribution is 5.55. The average molecular weight is 193 g/mol. The number of rotatable bonds is 3. The van der Waals surface area contributed by atoms with Gasteiger partial charge in [-0.2, -0.15) is 0 Å². The number of aromatic nitrogens is 1. The lowest BCUT2D eigenvalue weighted by Gasteiger charge is -2.09. The lowest BCUT2D eigenvalue weighted by atomic mass is 10.1. The van der Waals surface area contributed by atoms with Crippen LogP contribution in [0.25, 0.3) is 6.08 Å². The molecule has 0 radical (unpaired) electrons. The van der Waals surface area contributed by atoms with E-state index in [4.69, 9.17) is 9.84 Å². The number of nitrogens with zero attached hydrogens (tertiary/aromatic N) is 1. The Labute approximate surface area is 84.1 Å². The summed E-state index contributed by atoms with van der Waals surface area (Å²) in [6.07, 6.45) is 5.21. The lowest BCUT2D eigenvalue weighted by Crippen LogP contribution is -1.96. The molecule has 76 valence electrons. The molecule has 3 nitrogen and oxygen atoms in total. The zero-order valence-electron chi connectivity index (χ0n) is 8.74. The molecule has 0 aliphatic heterocycles. The van der Waals surface area contributed by atoms with Gasteiger partial charge in [-0.1, -0.05) is 6.08 Å². The van der Waals surface area contributed by atoms with Crippen molar-refractivity contribution in [1.82, 2.24) is 4.98 Å². The van der Waals surface area contributed by atoms with Crippen molar-refractivity contribution >= 4 is 6.08 Å². The molecular weight excluding hydrogens is 178 g/mol. The summed E-state index contributed by atoms with van der Waals surface area (Å²) in [4.78, 5) is 4.25. The molecule has 0 atom stereocenters. The summed E-state index contributed by atoms with van der Waals surface area (Å²) in [5.41, 5.74) is 2.85. The average Bonchev–Trinajstić information content (AvgIpc) is 2.18. The van der Waals surface area contributed by atoms with Gasteiger partial charge in [-0.15, -0.1) is 0 Å². The maximum atomic E-state index is 8.65. The second-order valence-electron chi connectivity index (χ2n) is 3.07. The molecule has 0 aliphatic rings. The van der Waals surface area contributed by atoms with Crippen LogP contribution < -0.4 is 4.74 Å². The molecule has 0 unspecified atom stereocenters. The number of methoxy groups -OCH3 is 1. The molecule has 0 fully saturated rings. The Morgan fingerprint density at radius 1 is 1.50 bits per heavy atom. The highest BCUT2D eigenvalue weighted by atomic mass is 16.5. The van der Waals surface area contributed by atoms with Crippen molar-refractivity contribution in [2.24, 2.45) is 0 Å². The lowest BCUT2D eigenvalue weighted by molar-refractivity contribution is 0.343. The molecule has 1 heterocycles. The summed E-state index contributed by atoms with van der Waals surface area (Å²) in [5, 5.41) is 8.65. The van der Waals surface area contributed by atoms with Gasteiger partial charge in [0, 0.05) is 17.3 Å². The van der Waals surface area contributed by atoms with Crippen molar-refractivity contribution in [3.8, 4) is 5.75 Å². The van der Waals surface area contributed by atoms with Crippen molar-refractivity contribution in [3.05, 3.63) is 29.1 Å². The van der Waals surface area contributed by atoms with E-state index < -0.39 is 0 Å². The molecule has 1 N–H and O–H groups in total. The molecule has 1 aromatic heterocycles. The van der Waals surface area contributed by atoms with E-state index in [1.165, 1.54) is 0 Å². The van der Waals surface area contributed by atoms with Gasteiger partial charge in [0.1, 0.15) is 5.75 Å². The summed E-state index contributed by atoms with van der Waals surface area (Å²) in [7, 11) is 1.65. The van der Waals surface area contributed by atoms with Gasteiger partial charge < -0.3 is 9.84 Å². The van der Waals surface area contributed by atoms with E-state index in [0.29, 0.717) is 0 Å². The van der Waals surface area contributed by atoms with Crippen molar-refractivity contribution in [2.45, 2.75) is 13.8 Å². The summed E-state index contributed by atoms with van der Waals surface area (Å²) in [5.74, 6) is 0.859. The van der Waals surface area contributed by atoms with Gasteiger partial charge in [0.25, 0.3) is 0 Å². The number of ether oxygens (including phenoxy) is 1. The first-order valence-corrected chi connectivity index (χ1v) is 4.48. The molecule has 14 heavy (non-hydrogen) atoms. The number of hydrogen-bond acceptors (Lipinski definition) is 3. The Morgan fingerprint density at radius 3 is 2.79 bits per heavy atom. The number of aliphatic hydroxyl groups excluding tert-OH is 1. The van der Waals surface area contributed by atoms with Crippen LogP contribution in [-0.4, -0.2) is 23.8 Å². The Morgan fingerprint density at radius 2 is 2.21 bits per heavy atom. The zero-order chi connectivity index (χ0) is 10.6. The van der Waals surface area contributed by atoms with Gasteiger partial charge in [0.2, 0.25) is 0 Å². The first kappa shape index (κ1) is 10.7. The van der Waals surface area contributed by atoms with Crippen LogP contribution in [-0.2, 0) is 0 Å². The normalized spacial score (nSPS) is 10.9. The van der Waals surface area contributed by atoms with Gasteiger partial charge in [-0.05, 0) is 19.9 Å².